The second-order valence-electron chi connectivity index (χ2n) is 5.62. The zero-order valence-corrected chi connectivity index (χ0v) is 16.0. The maximum Gasteiger partial charge on any atom is 0.305 e. The number of rotatable bonds is 5. The molecule has 9 heteroatoms. The van der Waals surface area contributed by atoms with E-state index in [1.54, 1.807) is 18.2 Å². The molecule has 0 aliphatic rings. The first-order chi connectivity index (χ1) is 13.5. The molecule has 28 heavy (non-hydrogen) atoms. The van der Waals surface area contributed by atoms with Crippen LogP contribution >= 0.6 is 11.6 Å². The molecule has 0 atom stereocenters. The van der Waals surface area contributed by atoms with Crippen molar-refractivity contribution < 1.29 is 28.2 Å². The quantitative estimate of drug-likeness (QED) is 0.633. The van der Waals surface area contributed by atoms with Gasteiger partial charge in [-0.25, -0.2) is 0 Å². The van der Waals surface area contributed by atoms with Gasteiger partial charge < -0.3 is 18.6 Å². The van der Waals surface area contributed by atoms with Gasteiger partial charge >= 0.3 is 5.91 Å². The summed E-state index contributed by atoms with van der Waals surface area (Å²) in [5.74, 6) is -0.186. The van der Waals surface area contributed by atoms with Crippen LogP contribution in [0.5, 0.6) is 17.2 Å². The number of nitrogens with one attached hydrogen (secondary N) is 2. The number of fused-ring (bicyclic) bond motifs is 1. The van der Waals surface area contributed by atoms with Crippen molar-refractivity contribution in [1.82, 2.24) is 10.9 Å². The Morgan fingerprint density at radius 3 is 2.14 bits per heavy atom. The maximum absolute atomic E-state index is 12.4. The van der Waals surface area contributed by atoms with Gasteiger partial charge in [-0.3, -0.25) is 20.4 Å². The number of methoxy groups -OCH3 is 3. The van der Waals surface area contributed by atoms with Gasteiger partial charge in [0, 0.05) is 16.0 Å². The first kappa shape index (κ1) is 19.4. The van der Waals surface area contributed by atoms with Crippen LogP contribution in [0.15, 0.2) is 40.8 Å². The Balaban J connectivity index is 1.74. The van der Waals surface area contributed by atoms with E-state index >= 15 is 0 Å². The Morgan fingerprint density at radius 2 is 1.54 bits per heavy atom. The fraction of sp³-hybridized carbons (Fsp3) is 0.158. The summed E-state index contributed by atoms with van der Waals surface area (Å²) < 4.78 is 21.1. The molecule has 3 rings (SSSR count). The lowest BCUT2D eigenvalue weighted by Gasteiger charge is -2.14. The Labute approximate surface area is 165 Å². The van der Waals surface area contributed by atoms with Crippen molar-refractivity contribution in [3.63, 3.8) is 0 Å². The van der Waals surface area contributed by atoms with Crippen molar-refractivity contribution in [2.45, 2.75) is 0 Å². The fourth-order valence-corrected chi connectivity index (χ4v) is 2.77. The molecule has 0 saturated heterocycles. The average Bonchev–Trinajstić information content (AvgIpc) is 3.13. The minimum absolute atomic E-state index is 0.0301. The smallest absolute Gasteiger partial charge is 0.305 e. The van der Waals surface area contributed by atoms with E-state index in [4.69, 9.17) is 30.2 Å². The summed E-state index contributed by atoms with van der Waals surface area (Å²) in [5, 5.41) is 1.20. The first-order valence-corrected chi connectivity index (χ1v) is 8.44. The minimum Gasteiger partial charge on any atom is -0.493 e. The number of hydrazine groups is 1. The molecule has 3 aromatic rings. The van der Waals surface area contributed by atoms with Gasteiger partial charge in [0.25, 0.3) is 5.91 Å². The minimum atomic E-state index is -0.617. The van der Waals surface area contributed by atoms with Gasteiger partial charge in [0.15, 0.2) is 17.3 Å². The topological polar surface area (TPSA) is 99.0 Å². The molecular weight excluding hydrogens is 388 g/mol. The van der Waals surface area contributed by atoms with E-state index in [9.17, 15) is 9.59 Å². The van der Waals surface area contributed by atoms with Gasteiger partial charge in [-0.05, 0) is 36.4 Å². The van der Waals surface area contributed by atoms with Gasteiger partial charge in [0.2, 0.25) is 5.75 Å². The standard InChI is InChI=1S/C19H17ClN2O6/c1-25-14-8-11(9-15(26-2)17(14)27-3)18(23)21-22-19(24)16-7-10-6-12(20)4-5-13(10)28-16/h4-9H,1-3H3,(H,21,23)(H,22,24). The molecule has 8 nitrogen and oxygen atoms in total. The van der Waals surface area contributed by atoms with Gasteiger partial charge in [-0.15, -0.1) is 0 Å². The van der Waals surface area contributed by atoms with Crippen LogP contribution in [-0.2, 0) is 0 Å². The number of ether oxygens (including phenoxy) is 3. The average molecular weight is 405 g/mol. The van der Waals surface area contributed by atoms with Crippen molar-refractivity contribution in [3.05, 3.63) is 52.7 Å². The monoisotopic (exact) mass is 404 g/mol. The van der Waals surface area contributed by atoms with Gasteiger partial charge in [0.05, 0.1) is 21.3 Å². The van der Waals surface area contributed by atoms with Crippen LogP contribution in [0.25, 0.3) is 11.0 Å². The predicted octanol–water partition coefficient (Wildman–Crippen LogP) is 3.19. The normalized spacial score (nSPS) is 10.4. The highest BCUT2D eigenvalue weighted by atomic mass is 35.5. The third kappa shape index (κ3) is 3.81. The maximum atomic E-state index is 12.4. The number of benzene rings is 2. The van der Waals surface area contributed by atoms with Crippen molar-refractivity contribution in [1.29, 1.82) is 0 Å². The van der Waals surface area contributed by atoms with Gasteiger partial charge in [-0.1, -0.05) is 11.6 Å². The third-order valence-electron chi connectivity index (χ3n) is 3.92. The summed E-state index contributed by atoms with van der Waals surface area (Å²) in [7, 11) is 4.34. The van der Waals surface area contributed by atoms with Crippen LogP contribution in [0.4, 0.5) is 0 Å². The number of halogens is 1. The van der Waals surface area contributed by atoms with E-state index in [1.807, 2.05) is 0 Å². The lowest BCUT2D eigenvalue weighted by atomic mass is 10.1. The molecule has 0 fully saturated rings. The zero-order chi connectivity index (χ0) is 20.3. The van der Waals surface area contributed by atoms with Crippen LogP contribution in [-0.4, -0.2) is 33.1 Å². The molecular formula is C19H17ClN2O6. The van der Waals surface area contributed by atoms with Crippen LogP contribution in [0.2, 0.25) is 5.02 Å². The molecule has 0 unspecified atom stereocenters. The molecule has 0 spiro atoms. The molecule has 0 saturated carbocycles. The first-order valence-electron chi connectivity index (χ1n) is 8.06. The summed E-state index contributed by atoms with van der Waals surface area (Å²) in [6.07, 6.45) is 0. The van der Waals surface area contributed by atoms with Crippen LogP contribution < -0.4 is 25.1 Å². The number of amides is 2. The SMILES string of the molecule is COc1cc(C(=O)NNC(=O)c2cc3cc(Cl)ccc3o2)cc(OC)c1OC. The molecule has 1 heterocycles. The molecule has 0 aliphatic carbocycles. The zero-order valence-electron chi connectivity index (χ0n) is 15.3. The van der Waals surface area contributed by atoms with E-state index in [-0.39, 0.29) is 11.3 Å². The Morgan fingerprint density at radius 1 is 0.893 bits per heavy atom. The number of hydrogen-bond acceptors (Lipinski definition) is 6. The summed E-state index contributed by atoms with van der Waals surface area (Å²) in [5.41, 5.74) is 5.32. The molecule has 0 aliphatic heterocycles. The summed E-state index contributed by atoms with van der Waals surface area (Å²) in [4.78, 5) is 24.7. The Kier molecular flexibility index (Phi) is 5.60. The van der Waals surface area contributed by atoms with Gasteiger partial charge in [-0.2, -0.15) is 0 Å². The van der Waals surface area contributed by atoms with E-state index in [0.717, 1.165) is 0 Å². The van der Waals surface area contributed by atoms with Crippen LogP contribution in [0.3, 0.4) is 0 Å². The number of hydrogen-bond donors (Lipinski definition) is 2. The highest BCUT2D eigenvalue weighted by molar-refractivity contribution is 6.31. The lowest BCUT2D eigenvalue weighted by molar-refractivity contribution is 0.0832. The van der Waals surface area contributed by atoms with Crippen LogP contribution in [0.1, 0.15) is 20.9 Å². The summed E-state index contributed by atoms with van der Waals surface area (Å²) >= 11 is 5.92. The van der Waals surface area contributed by atoms with Crippen LogP contribution in [0, 0.1) is 0 Å². The molecule has 2 amide bonds. The van der Waals surface area contributed by atoms with E-state index < -0.39 is 11.8 Å². The second kappa shape index (κ2) is 8.10. The number of furan rings is 1. The van der Waals surface area contributed by atoms with Crippen molar-refractivity contribution in [2.24, 2.45) is 0 Å². The molecule has 146 valence electrons. The fourth-order valence-electron chi connectivity index (χ4n) is 2.59. The third-order valence-corrected chi connectivity index (χ3v) is 4.15. The highest BCUT2D eigenvalue weighted by Crippen LogP contribution is 2.38. The van der Waals surface area contributed by atoms with Gasteiger partial charge in [0.1, 0.15) is 5.58 Å². The molecule has 1 aromatic heterocycles. The summed E-state index contributed by atoms with van der Waals surface area (Å²) in [6, 6.07) is 9.44. The molecule has 2 aromatic carbocycles. The van der Waals surface area contributed by atoms with Crippen molar-refractivity contribution in [2.75, 3.05) is 21.3 Å². The summed E-state index contributed by atoms with van der Waals surface area (Å²) in [6.45, 7) is 0. The highest BCUT2D eigenvalue weighted by Gasteiger charge is 2.18. The van der Waals surface area contributed by atoms with Crippen molar-refractivity contribution >= 4 is 34.4 Å². The van der Waals surface area contributed by atoms with E-state index in [1.165, 1.54) is 39.5 Å². The number of carbonyl (C=O) groups is 2. The van der Waals surface area contributed by atoms with E-state index in [2.05, 4.69) is 10.9 Å². The molecule has 0 radical (unpaired) electrons. The predicted molar refractivity (Wildman–Crippen MR) is 102 cm³/mol. The second-order valence-corrected chi connectivity index (χ2v) is 6.05. The molecule has 2 N–H and O–H groups in total. The lowest BCUT2D eigenvalue weighted by Crippen LogP contribution is -2.41. The number of carbonyl (C=O) groups excluding carboxylic acids is 2. The Hall–Kier alpha value is -3.39. The van der Waals surface area contributed by atoms with E-state index in [0.29, 0.717) is 33.2 Å². The Bertz CT molecular complexity index is 1020. The van der Waals surface area contributed by atoms with Crippen molar-refractivity contribution in [3.8, 4) is 17.2 Å². The molecule has 0 bridgehead atoms. The largest absolute Gasteiger partial charge is 0.493 e.